The molecule has 13 heavy (non-hydrogen) atoms. The first-order valence-corrected chi connectivity index (χ1v) is 3.64. The summed E-state index contributed by atoms with van der Waals surface area (Å²) in [7, 11) is 0. The molecule has 0 saturated carbocycles. The number of hydrogen-bond donors (Lipinski definition) is 2. The van der Waals surface area contributed by atoms with Gasteiger partial charge in [0.1, 0.15) is 0 Å². The number of carbonyl (C=O) groups excluding carboxylic acids is 1. The SMILES string of the molecule is C=C1NC(=O)Nc2ccccc21.O. The number of fused-ring (bicyclic) bond motifs is 1. The Hall–Kier alpha value is -1.81. The van der Waals surface area contributed by atoms with Gasteiger partial charge in [-0.3, -0.25) is 0 Å². The quantitative estimate of drug-likeness (QED) is 0.610. The average molecular weight is 178 g/mol. The van der Waals surface area contributed by atoms with Gasteiger partial charge in [-0.1, -0.05) is 24.8 Å². The summed E-state index contributed by atoms with van der Waals surface area (Å²) in [5, 5.41) is 5.27. The first kappa shape index (κ1) is 9.28. The Morgan fingerprint density at radius 1 is 1.15 bits per heavy atom. The van der Waals surface area contributed by atoms with Gasteiger partial charge >= 0.3 is 6.03 Å². The van der Waals surface area contributed by atoms with Gasteiger partial charge in [0, 0.05) is 11.3 Å². The summed E-state index contributed by atoms with van der Waals surface area (Å²) >= 11 is 0. The smallest absolute Gasteiger partial charge is 0.323 e. The topological polar surface area (TPSA) is 72.6 Å². The third-order valence-electron chi connectivity index (χ3n) is 1.76. The van der Waals surface area contributed by atoms with Crippen LogP contribution in [0.1, 0.15) is 5.56 Å². The molecule has 0 saturated heterocycles. The minimum Gasteiger partial charge on any atom is -0.412 e. The molecule has 0 spiro atoms. The average Bonchev–Trinajstić information content (AvgIpc) is 2.04. The molecule has 0 atom stereocenters. The molecule has 0 fully saturated rings. The molecule has 1 aromatic rings. The summed E-state index contributed by atoms with van der Waals surface area (Å²) in [5.74, 6) is 0. The second kappa shape index (κ2) is 3.28. The molecule has 0 bridgehead atoms. The van der Waals surface area contributed by atoms with Gasteiger partial charge in [-0.2, -0.15) is 0 Å². The highest BCUT2D eigenvalue weighted by atomic mass is 16.2. The van der Waals surface area contributed by atoms with Crippen LogP contribution in [0.5, 0.6) is 0 Å². The lowest BCUT2D eigenvalue weighted by molar-refractivity contribution is 0.255. The first-order valence-electron chi connectivity index (χ1n) is 3.64. The maximum atomic E-state index is 11.0. The van der Waals surface area contributed by atoms with Gasteiger partial charge in [-0.25, -0.2) is 4.79 Å². The molecule has 0 unspecified atom stereocenters. The zero-order chi connectivity index (χ0) is 8.55. The Balaban J connectivity index is 0.000000845. The highest BCUT2D eigenvalue weighted by Gasteiger charge is 2.15. The second-order valence-electron chi connectivity index (χ2n) is 2.60. The number of urea groups is 1. The molecule has 1 aromatic carbocycles. The van der Waals surface area contributed by atoms with Gasteiger partial charge in [-0.05, 0) is 6.07 Å². The summed E-state index contributed by atoms with van der Waals surface area (Å²) in [6.07, 6.45) is 0. The fourth-order valence-corrected chi connectivity index (χ4v) is 1.21. The predicted molar refractivity (Wildman–Crippen MR) is 51.2 cm³/mol. The third kappa shape index (κ3) is 1.52. The maximum Gasteiger partial charge on any atom is 0.323 e. The van der Waals surface area contributed by atoms with E-state index in [4.69, 9.17) is 0 Å². The van der Waals surface area contributed by atoms with E-state index in [2.05, 4.69) is 17.2 Å². The van der Waals surface area contributed by atoms with Crippen LogP contribution in [-0.4, -0.2) is 11.5 Å². The number of rotatable bonds is 0. The summed E-state index contributed by atoms with van der Waals surface area (Å²) < 4.78 is 0. The molecule has 4 heteroatoms. The lowest BCUT2D eigenvalue weighted by atomic mass is 10.1. The third-order valence-corrected chi connectivity index (χ3v) is 1.76. The van der Waals surface area contributed by atoms with E-state index in [0.29, 0.717) is 5.70 Å². The molecular weight excluding hydrogens is 168 g/mol. The minimum absolute atomic E-state index is 0. The van der Waals surface area contributed by atoms with Gasteiger partial charge in [0.05, 0.1) is 5.69 Å². The minimum atomic E-state index is -0.223. The molecule has 2 amide bonds. The number of para-hydroxylation sites is 1. The molecule has 0 aromatic heterocycles. The highest BCUT2D eigenvalue weighted by Crippen LogP contribution is 2.23. The normalized spacial score (nSPS) is 13.5. The van der Waals surface area contributed by atoms with Crippen LogP contribution in [0.4, 0.5) is 10.5 Å². The first-order chi connectivity index (χ1) is 5.77. The van der Waals surface area contributed by atoms with Crippen molar-refractivity contribution in [3.63, 3.8) is 0 Å². The standard InChI is InChI=1S/C9H8N2O.H2O/c1-6-7-4-2-3-5-8(7)11-9(12)10-6;/h2-5H,1H2,(H2,10,11,12);1H2. The number of hydrogen-bond acceptors (Lipinski definition) is 1. The van der Waals surface area contributed by atoms with E-state index in [1.807, 2.05) is 24.3 Å². The zero-order valence-electron chi connectivity index (χ0n) is 6.92. The Labute approximate surface area is 75.6 Å². The van der Waals surface area contributed by atoms with E-state index in [1.165, 1.54) is 0 Å². The van der Waals surface area contributed by atoms with Crippen LogP contribution in [0, 0.1) is 0 Å². The lowest BCUT2D eigenvalue weighted by Crippen LogP contribution is -2.31. The van der Waals surface area contributed by atoms with Crippen LogP contribution < -0.4 is 10.6 Å². The molecule has 0 radical (unpaired) electrons. The monoisotopic (exact) mass is 178 g/mol. The lowest BCUT2D eigenvalue weighted by Gasteiger charge is -2.19. The highest BCUT2D eigenvalue weighted by molar-refractivity contribution is 6.02. The van der Waals surface area contributed by atoms with Crippen LogP contribution >= 0.6 is 0 Å². The molecule has 1 aliphatic rings. The van der Waals surface area contributed by atoms with Crippen molar-refractivity contribution in [2.45, 2.75) is 0 Å². The van der Waals surface area contributed by atoms with Crippen molar-refractivity contribution in [3.05, 3.63) is 36.4 Å². The van der Waals surface area contributed by atoms with Crippen molar-refractivity contribution in [2.24, 2.45) is 0 Å². The summed E-state index contributed by atoms with van der Waals surface area (Å²) in [4.78, 5) is 11.0. The Morgan fingerprint density at radius 3 is 2.62 bits per heavy atom. The van der Waals surface area contributed by atoms with Crippen LogP contribution in [0.15, 0.2) is 30.8 Å². The van der Waals surface area contributed by atoms with Crippen molar-refractivity contribution in [2.75, 3.05) is 5.32 Å². The van der Waals surface area contributed by atoms with E-state index >= 15 is 0 Å². The fourth-order valence-electron chi connectivity index (χ4n) is 1.21. The Bertz CT molecular complexity index is 360. The largest absolute Gasteiger partial charge is 0.412 e. The number of carbonyl (C=O) groups is 1. The van der Waals surface area contributed by atoms with Gasteiger partial charge < -0.3 is 16.1 Å². The van der Waals surface area contributed by atoms with Gasteiger partial charge in [0.25, 0.3) is 0 Å². The molecule has 1 aliphatic heterocycles. The number of nitrogens with one attached hydrogen (secondary N) is 2. The molecule has 4 N–H and O–H groups in total. The number of benzene rings is 1. The fraction of sp³-hybridized carbons (Fsp3) is 0. The van der Waals surface area contributed by atoms with Crippen LogP contribution in [0.2, 0.25) is 0 Å². The molecule has 0 aliphatic carbocycles. The van der Waals surface area contributed by atoms with Crippen molar-refractivity contribution in [1.82, 2.24) is 5.32 Å². The van der Waals surface area contributed by atoms with Crippen molar-refractivity contribution < 1.29 is 10.3 Å². The maximum absolute atomic E-state index is 11.0. The molecule has 68 valence electrons. The molecule has 2 rings (SSSR count). The van der Waals surface area contributed by atoms with Crippen molar-refractivity contribution in [1.29, 1.82) is 0 Å². The van der Waals surface area contributed by atoms with Crippen molar-refractivity contribution in [3.8, 4) is 0 Å². The number of anilines is 1. The predicted octanol–water partition coefficient (Wildman–Crippen LogP) is 0.968. The van der Waals surface area contributed by atoms with E-state index < -0.39 is 0 Å². The Morgan fingerprint density at radius 2 is 1.85 bits per heavy atom. The zero-order valence-corrected chi connectivity index (χ0v) is 6.92. The van der Waals surface area contributed by atoms with E-state index in [1.54, 1.807) is 0 Å². The summed E-state index contributed by atoms with van der Waals surface area (Å²) in [5.41, 5.74) is 2.40. The summed E-state index contributed by atoms with van der Waals surface area (Å²) in [6.45, 7) is 3.73. The summed E-state index contributed by atoms with van der Waals surface area (Å²) in [6, 6.07) is 7.31. The Kier molecular flexibility index (Phi) is 2.34. The number of amides is 2. The van der Waals surface area contributed by atoms with Crippen LogP contribution in [-0.2, 0) is 0 Å². The second-order valence-corrected chi connectivity index (χ2v) is 2.60. The van der Waals surface area contributed by atoms with Crippen LogP contribution in [0.25, 0.3) is 5.70 Å². The van der Waals surface area contributed by atoms with Gasteiger partial charge in [-0.15, -0.1) is 0 Å². The molecule has 4 nitrogen and oxygen atoms in total. The molecule has 1 heterocycles. The van der Waals surface area contributed by atoms with Gasteiger partial charge in [0.15, 0.2) is 0 Å². The van der Waals surface area contributed by atoms with E-state index in [0.717, 1.165) is 11.3 Å². The van der Waals surface area contributed by atoms with E-state index in [-0.39, 0.29) is 11.5 Å². The van der Waals surface area contributed by atoms with E-state index in [9.17, 15) is 4.79 Å². The van der Waals surface area contributed by atoms with Gasteiger partial charge in [0.2, 0.25) is 0 Å². The molecular formula is C9H10N2O2. The van der Waals surface area contributed by atoms with Crippen molar-refractivity contribution >= 4 is 17.4 Å². The van der Waals surface area contributed by atoms with Crippen LogP contribution in [0.3, 0.4) is 0 Å².